The van der Waals surface area contributed by atoms with E-state index in [0.29, 0.717) is 12.1 Å². The van der Waals surface area contributed by atoms with E-state index in [1.165, 1.54) is 12.8 Å². The van der Waals surface area contributed by atoms with E-state index < -0.39 is 0 Å². The SMILES string of the molecule is CC#CCCNC1CCC(C)NC1. The third kappa shape index (κ3) is 4.31. The van der Waals surface area contributed by atoms with Gasteiger partial charge < -0.3 is 10.6 Å². The number of nitrogens with one attached hydrogen (secondary N) is 2. The van der Waals surface area contributed by atoms with E-state index in [1.54, 1.807) is 0 Å². The van der Waals surface area contributed by atoms with Crippen LogP contribution in [-0.2, 0) is 0 Å². The summed E-state index contributed by atoms with van der Waals surface area (Å²) in [5.41, 5.74) is 0. The molecule has 0 radical (unpaired) electrons. The maximum Gasteiger partial charge on any atom is 0.0214 e. The zero-order valence-corrected chi connectivity index (χ0v) is 8.69. The van der Waals surface area contributed by atoms with Gasteiger partial charge in [0.05, 0.1) is 0 Å². The first-order valence-electron chi connectivity index (χ1n) is 5.19. The molecule has 2 heteroatoms. The first-order valence-corrected chi connectivity index (χ1v) is 5.19. The predicted octanol–water partition coefficient (Wildman–Crippen LogP) is 1.13. The van der Waals surface area contributed by atoms with Crippen LogP contribution in [0, 0.1) is 11.8 Å². The third-order valence-corrected chi connectivity index (χ3v) is 2.52. The van der Waals surface area contributed by atoms with Gasteiger partial charge in [-0.3, -0.25) is 0 Å². The highest BCUT2D eigenvalue weighted by Crippen LogP contribution is 2.06. The van der Waals surface area contributed by atoms with Crippen molar-refractivity contribution in [2.75, 3.05) is 13.1 Å². The molecule has 13 heavy (non-hydrogen) atoms. The van der Waals surface area contributed by atoms with Gasteiger partial charge in [-0.25, -0.2) is 0 Å². The minimum Gasteiger partial charge on any atom is -0.313 e. The van der Waals surface area contributed by atoms with E-state index in [4.69, 9.17) is 0 Å². The summed E-state index contributed by atoms with van der Waals surface area (Å²) in [5, 5.41) is 6.99. The number of rotatable bonds is 3. The van der Waals surface area contributed by atoms with Crippen molar-refractivity contribution in [3.8, 4) is 11.8 Å². The first-order chi connectivity index (χ1) is 6.33. The molecular formula is C11H20N2. The van der Waals surface area contributed by atoms with E-state index >= 15 is 0 Å². The van der Waals surface area contributed by atoms with Gasteiger partial charge in [-0.05, 0) is 26.7 Å². The van der Waals surface area contributed by atoms with Gasteiger partial charge in [-0.2, -0.15) is 0 Å². The number of piperidine rings is 1. The maximum absolute atomic E-state index is 3.51. The Kier molecular flexibility index (Phi) is 4.88. The minimum absolute atomic E-state index is 0.662. The zero-order valence-electron chi connectivity index (χ0n) is 8.69. The van der Waals surface area contributed by atoms with Gasteiger partial charge in [0, 0.05) is 31.6 Å². The Labute approximate surface area is 81.5 Å². The lowest BCUT2D eigenvalue weighted by Crippen LogP contribution is -2.46. The summed E-state index contributed by atoms with van der Waals surface area (Å²) >= 11 is 0. The fraction of sp³-hybridized carbons (Fsp3) is 0.818. The largest absolute Gasteiger partial charge is 0.313 e. The first kappa shape index (κ1) is 10.6. The molecule has 0 saturated carbocycles. The lowest BCUT2D eigenvalue weighted by Gasteiger charge is -2.28. The number of hydrogen-bond donors (Lipinski definition) is 2. The minimum atomic E-state index is 0.662. The molecule has 1 fully saturated rings. The molecule has 0 spiro atoms. The van der Waals surface area contributed by atoms with Gasteiger partial charge in [0.1, 0.15) is 0 Å². The topological polar surface area (TPSA) is 24.1 Å². The quantitative estimate of drug-likeness (QED) is 0.502. The summed E-state index contributed by atoms with van der Waals surface area (Å²) in [4.78, 5) is 0. The van der Waals surface area contributed by atoms with E-state index in [-0.39, 0.29) is 0 Å². The highest BCUT2D eigenvalue weighted by atomic mass is 15.0. The van der Waals surface area contributed by atoms with Gasteiger partial charge in [-0.15, -0.1) is 11.8 Å². The lowest BCUT2D eigenvalue weighted by atomic mass is 10.0. The van der Waals surface area contributed by atoms with E-state index in [1.807, 2.05) is 6.92 Å². The van der Waals surface area contributed by atoms with Crippen LogP contribution in [0.25, 0.3) is 0 Å². The molecule has 0 aromatic heterocycles. The maximum atomic E-state index is 3.51. The molecule has 1 saturated heterocycles. The van der Waals surface area contributed by atoms with Crippen LogP contribution in [-0.4, -0.2) is 25.2 Å². The van der Waals surface area contributed by atoms with Crippen molar-refractivity contribution >= 4 is 0 Å². The van der Waals surface area contributed by atoms with Crippen LogP contribution in [0.2, 0.25) is 0 Å². The molecule has 1 aliphatic rings. The normalized spacial score (nSPS) is 27.8. The van der Waals surface area contributed by atoms with Gasteiger partial charge in [0.25, 0.3) is 0 Å². The van der Waals surface area contributed by atoms with Crippen molar-refractivity contribution in [2.24, 2.45) is 0 Å². The van der Waals surface area contributed by atoms with Crippen LogP contribution < -0.4 is 10.6 Å². The molecular weight excluding hydrogens is 160 g/mol. The Morgan fingerprint density at radius 1 is 1.46 bits per heavy atom. The van der Waals surface area contributed by atoms with Crippen molar-refractivity contribution in [3.05, 3.63) is 0 Å². The molecule has 1 heterocycles. The van der Waals surface area contributed by atoms with Crippen molar-refractivity contribution in [2.45, 2.75) is 45.2 Å². The molecule has 0 amide bonds. The summed E-state index contributed by atoms with van der Waals surface area (Å²) in [6.07, 6.45) is 3.56. The molecule has 2 atom stereocenters. The van der Waals surface area contributed by atoms with Gasteiger partial charge >= 0.3 is 0 Å². The van der Waals surface area contributed by atoms with Crippen LogP contribution in [0.15, 0.2) is 0 Å². The molecule has 1 rings (SSSR count). The fourth-order valence-electron chi connectivity index (χ4n) is 1.64. The van der Waals surface area contributed by atoms with E-state index in [2.05, 4.69) is 29.4 Å². The van der Waals surface area contributed by atoms with Crippen molar-refractivity contribution in [1.82, 2.24) is 10.6 Å². The highest BCUT2D eigenvalue weighted by Gasteiger charge is 2.15. The summed E-state index contributed by atoms with van der Waals surface area (Å²) < 4.78 is 0. The molecule has 74 valence electrons. The van der Waals surface area contributed by atoms with Gasteiger partial charge in [0.2, 0.25) is 0 Å². The summed E-state index contributed by atoms with van der Waals surface area (Å²) in [6.45, 7) is 6.28. The Balaban J connectivity index is 2.04. The van der Waals surface area contributed by atoms with Gasteiger partial charge in [0.15, 0.2) is 0 Å². The summed E-state index contributed by atoms with van der Waals surface area (Å²) in [6, 6.07) is 1.36. The molecule has 2 unspecified atom stereocenters. The Morgan fingerprint density at radius 3 is 2.92 bits per heavy atom. The Bertz CT molecular complexity index is 182. The molecule has 0 aliphatic carbocycles. The lowest BCUT2D eigenvalue weighted by molar-refractivity contribution is 0.341. The fourth-order valence-corrected chi connectivity index (χ4v) is 1.64. The van der Waals surface area contributed by atoms with E-state index in [0.717, 1.165) is 19.5 Å². The van der Waals surface area contributed by atoms with E-state index in [9.17, 15) is 0 Å². The molecule has 1 aliphatic heterocycles. The second-order valence-corrected chi connectivity index (χ2v) is 3.71. The van der Waals surface area contributed by atoms with Gasteiger partial charge in [-0.1, -0.05) is 0 Å². The molecule has 0 aromatic rings. The average Bonchev–Trinajstić information content (AvgIpc) is 2.15. The summed E-state index contributed by atoms with van der Waals surface area (Å²) in [7, 11) is 0. The standard InChI is InChI=1S/C11H20N2/c1-3-4-5-8-12-11-7-6-10(2)13-9-11/h10-13H,5-9H2,1-2H3. The second-order valence-electron chi connectivity index (χ2n) is 3.71. The van der Waals surface area contributed by atoms with Crippen molar-refractivity contribution < 1.29 is 0 Å². The third-order valence-electron chi connectivity index (χ3n) is 2.52. The highest BCUT2D eigenvalue weighted by molar-refractivity contribution is 4.95. The molecule has 0 bridgehead atoms. The summed E-state index contributed by atoms with van der Waals surface area (Å²) in [5.74, 6) is 5.97. The Hall–Kier alpha value is -0.520. The van der Waals surface area contributed by atoms with Crippen LogP contribution in [0.3, 0.4) is 0 Å². The van der Waals surface area contributed by atoms with Crippen molar-refractivity contribution in [1.29, 1.82) is 0 Å². The van der Waals surface area contributed by atoms with Crippen LogP contribution in [0.4, 0.5) is 0 Å². The molecule has 2 nitrogen and oxygen atoms in total. The smallest absolute Gasteiger partial charge is 0.0214 e. The second kappa shape index (κ2) is 6.01. The van der Waals surface area contributed by atoms with Crippen LogP contribution >= 0.6 is 0 Å². The molecule has 2 N–H and O–H groups in total. The average molecular weight is 180 g/mol. The van der Waals surface area contributed by atoms with Crippen LogP contribution in [0.5, 0.6) is 0 Å². The van der Waals surface area contributed by atoms with Crippen LogP contribution in [0.1, 0.15) is 33.1 Å². The molecule has 0 aromatic carbocycles. The Morgan fingerprint density at radius 2 is 2.31 bits per heavy atom. The zero-order chi connectivity index (χ0) is 9.52. The monoisotopic (exact) mass is 180 g/mol. The van der Waals surface area contributed by atoms with Crippen molar-refractivity contribution in [3.63, 3.8) is 0 Å². The predicted molar refractivity (Wildman–Crippen MR) is 56.6 cm³/mol. The number of hydrogen-bond acceptors (Lipinski definition) is 2.